The van der Waals surface area contributed by atoms with Crippen molar-refractivity contribution in [3.05, 3.63) is 143 Å². The second-order valence-electron chi connectivity index (χ2n) is 17.2. The van der Waals surface area contributed by atoms with Gasteiger partial charge in [0.25, 0.3) is 0 Å². The zero-order valence-electron chi connectivity index (χ0n) is 36.1. The van der Waals surface area contributed by atoms with Gasteiger partial charge in [-0.3, -0.25) is 4.79 Å². The van der Waals surface area contributed by atoms with Gasteiger partial charge < -0.3 is 29.6 Å². The van der Waals surface area contributed by atoms with E-state index < -0.39 is 0 Å². The van der Waals surface area contributed by atoms with E-state index in [9.17, 15) is 4.79 Å². The van der Waals surface area contributed by atoms with E-state index in [2.05, 4.69) is 123 Å². The molecule has 5 aromatic rings. The van der Waals surface area contributed by atoms with Crippen molar-refractivity contribution in [1.82, 2.24) is 0 Å². The van der Waals surface area contributed by atoms with Crippen LogP contribution in [0.2, 0.25) is 0 Å². The third-order valence-corrected chi connectivity index (χ3v) is 12.2. The van der Waals surface area contributed by atoms with E-state index in [0.29, 0.717) is 31.3 Å². The standard InChI is InChI=1S/C27H33N3O.C25H25NO4/c1-18(2)21-10-12-24(13-11-21)30-26(22-8-6-5-7-9-22)25(17-28-30)27(31)29-23-15-19(3)14-20(4)16-23;1-2-4-18(5-3-1)12-21(20-7-9-23-25(14-20)30-17-28-23)10-11-26-15-19-6-8-22-24(13-19)29-16-27-22/h10-18,22,25H,5-9H2,1-4H3;1-9,13-14,21,26H,10-12,15-17H2/p+2/t;21-/m.0/s1. The Balaban J connectivity index is 0.000000168. The van der Waals surface area contributed by atoms with Gasteiger partial charge in [-0.1, -0.05) is 92.4 Å². The number of ether oxygens (including phenoxy) is 4. The fraction of sp³-hybridized carbons (Fsp3) is 0.365. The molecule has 0 spiro atoms. The molecule has 3 aliphatic heterocycles. The molecule has 0 saturated heterocycles. The number of fused-ring (bicyclic) bond motifs is 2. The number of nitrogens with zero attached hydrogens (tertiary/aromatic N) is 2. The summed E-state index contributed by atoms with van der Waals surface area (Å²) in [7, 11) is 0. The smallest absolute Gasteiger partial charge is 0.243 e. The Morgan fingerprint density at radius 2 is 1.39 bits per heavy atom. The predicted molar refractivity (Wildman–Crippen MR) is 242 cm³/mol. The highest BCUT2D eigenvalue weighted by atomic mass is 16.7. The van der Waals surface area contributed by atoms with Crippen molar-refractivity contribution in [2.75, 3.05) is 25.4 Å². The minimum atomic E-state index is -0.325. The Morgan fingerprint density at radius 3 is 2.10 bits per heavy atom. The maximum Gasteiger partial charge on any atom is 0.243 e. The second kappa shape index (κ2) is 19.6. The molecule has 9 rings (SSSR count). The molecule has 1 amide bonds. The zero-order chi connectivity index (χ0) is 42.1. The average Bonchev–Trinajstić information content (AvgIpc) is 4.05. The highest BCUT2D eigenvalue weighted by Gasteiger charge is 2.42. The summed E-state index contributed by atoms with van der Waals surface area (Å²) in [4.78, 5) is 13.4. The van der Waals surface area contributed by atoms with E-state index in [1.165, 1.54) is 41.5 Å². The quantitative estimate of drug-likeness (QED) is 0.0911. The summed E-state index contributed by atoms with van der Waals surface area (Å²) in [5, 5.41) is 10.2. The molecule has 1 fully saturated rings. The lowest BCUT2D eigenvalue weighted by Gasteiger charge is -2.22. The Bertz CT molecular complexity index is 2330. The van der Waals surface area contributed by atoms with Crippen LogP contribution in [-0.2, 0) is 17.8 Å². The normalized spacial score (nSPS) is 17.0. The summed E-state index contributed by atoms with van der Waals surface area (Å²) in [5.74, 6) is 4.39. The van der Waals surface area contributed by atoms with Crippen molar-refractivity contribution in [3.8, 4) is 23.0 Å². The van der Waals surface area contributed by atoms with Gasteiger partial charge in [0, 0.05) is 35.7 Å². The van der Waals surface area contributed by atoms with Crippen LogP contribution >= 0.6 is 0 Å². The minimum absolute atomic E-state index is 0.00984. The molecule has 4 aliphatic rings. The number of quaternary nitrogens is 1. The number of hydrazone groups is 1. The van der Waals surface area contributed by atoms with Gasteiger partial charge in [-0.05, 0) is 120 Å². The van der Waals surface area contributed by atoms with Gasteiger partial charge >= 0.3 is 0 Å². The lowest BCUT2D eigenvalue weighted by molar-refractivity contribution is -0.671. The maximum atomic E-state index is 13.4. The fourth-order valence-electron chi connectivity index (χ4n) is 9.03. The number of hydrogen-bond donors (Lipinski definition) is 2. The van der Waals surface area contributed by atoms with Gasteiger partial charge in [0.15, 0.2) is 28.9 Å². The summed E-state index contributed by atoms with van der Waals surface area (Å²) in [6.45, 7) is 11.1. The Kier molecular flexibility index (Phi) is 13.5. The van der Waals surface area contributed by atoms with E-state index in [0.717, 1.165) is 90.0 Å². The zero-order valence-corrected chi connectivity index (χ0v) is 36.1. The topological polar surface area (TPSA) is 98.0 Å². The number of anilines is 1. The second-order valence-corrected chi connectivity index (χ2v) is 17.2. The van der Waals surface area contributed by atoms with Crippen molar-refractivity contribution in [1.29, 1.82) is 0 Å². The van der Waals surface area contributed by atoms with Gasteiger partial charge in [0.2, 0.25) is 30.9 Å². The predicted octanol–water partition coefficient (Wildman–Crippen LogP) is 9.97. The molecular weight excluding hydrogens is 761 g/mol. The first-order valence-electron chi connectivity index (χ1n) is 22.1. The molecule has 1 unspecified atom stereocenters. The van der Waals surface area contributed by atoms with E-state index in [1.54, 1.807) is 0 Å². The van der Waals surface area contributed by atoms with E-state index in [4.69, 9.17) is 24.0 Å². The lowest BCUT2D eigenvalue weighted by atomic mass is 9.81. The SMILES string of the molecule is Cc1cc(C)cc(NC(=O)C2C=N[N+](c3ccc(C(C)C)cc3)=C2C2CCCCC2)c1.c1ccc(C[C@H](CC[NH2+]Cc2ccc3c(c2)OCO3)c2ccc3c(c2)OCO3)cc1. The fourth-order valence-corrected chi connectivity index (χ4v) is 9.03. The number of carbonyl (C=O) groups excluding carboxylic acids is 1. The van der Waals surface area contributed by atoms with Crippen molar-refractivity contribution >= 4 is 29.2 Å². The number of aryl methyl sites for hydroxylation is 2. The molecule has 0 bridgehead atoms. The van der Waals surface area contributed by atoms with Gasteiger partial charge in [-0.25, -0.2) is 0 Å². The molecule has 0 radical (unpaired) electrons. The maximum absolute atomic E-state index is 13.4. The molecule has 0 aromatic heterocycles. The van der Waals surface area contributed by atoms with Crippen LogP contribution in [0.1, 0.15) is 97.6 Å². The molecule has 3 heterocycles. The van der Waals surface area contributed by atoms with E-state index in [1.807, 2.05) is 35.2 Å². The number of hydrogen-bond acceptors (Lipinski definition) is 6. The van der Waals surface area contributed by atoms with Gasteiger partial charge in [-0.2, -0.15) is 0 Å². The van der Waals surface area contributed by atoms with Gasteiger partial charge in [0.1, 0.15) is 6.54 Å². The van der Waals surface area contributed by atoms with Crippen LogP contribution < -0.4 is 29.6 Å². The van der Waals surface area contributed by atoms with E-state index in [-0.39, 0.29) is 11.8 Å². The Hall–Kier alpha value is -5.93. The van der Waals surface area contributed by atoms with Gasteiger partial charge in [-0.15, -0.1) is 0 Å². The first-order valence-corrected chi connectivity index (χ1v) is 22.1. The first-order chi connectivity index (χ1) is 29.8. The van der Waals surface area contributed by atoms with Gasteiger partial charge in [0.05, 0.1) is 12.8 Å². The average molecular weight is 821 g/mol. The number of amides is 1. The molecule has 9 heteroatoms. The number of nitrogens with two attached hydrogens (primary N) is 1. The van der Waals surface area contributed by atoms with Crippen LogP contribution in [0, 0.1) is 25.7 Å². The summed E-state index contributed by atoms with van der Waals surface area (Å²) < 4.78 is 24.0. The van der Waals surface area contributed by atoms with Crippen molar-refractivity contribution in [2.24, 2.45) is 16.9 Å². The number of nitrogens with one attached hydrogen (secondary N) is 1. The lowest BCUT2D eigenvalue weighted by Crippen LogP contribution is -2.82. The highest BCUT2D eigenvalue weighted by Crippen LogP contribution is 2.37. The summed E-state index contributed by atoms with van der Waals surface area (Å²) in [6, 6.07) is 38.1. The van der Waals surface area contributed by atoms with Crippen LogP contribution in [-0.4, -0.2) is 42.6 Å². The first kappa shape index (κ1) is 41.8. The summed E-state index contributed by atoms with van der Waals surface area (Å²) in [5.41, 5.74) is 10.6. The molecule has 2 atom stereocenters. The van der Waals surface area contributed by atoms with Crippen LogP contribution in [0.25, 0.3) is 0 Å². The largest absolute Gasteiger partial charge is 0.454 e. The highest BCUT2D eigenvalue weighted by molar-refractivity contribution is 6.19. The Labute approximate surface area is 360 Å². The summed E-state index contributed by atoms with van der Waals surface area (Å²) >= 11 is 0. The molecule has 1 saturated carbocycles. The summed E-state index contributed by atoms with van der Waals surface area (Å²) in [6.07, 6.45) is 9.92. The third kappa shape index (κ3) is 10.5. The monoisotopic (exact) mass is 820 g/mol. The van der Waals surface area contributed by atoms with Crippen molar-refractivity contribution in [3.63, 3.8) is 0 Å². The van der Waals surface area contributed by atoms with Crippen LogP contribution in [0.5, 0.6) is 23.0 Å². The molecule has 316 valence electrons. The molecule has 61 heavy (non-hydrogen) atoms. The molecule has 1 aliphatic carbocycles. The molecule has 5 aromatic carbocycles. The molecule has 3 N–H and O–H groups in total. The third-order valence-electron chi connectivity index (χ3n) is 12.2. The van der Waals surface area contributed by atoms with E-state index >= 15 is 0 Å². The number of carbonyl (C=O) groups is 1. The molecular formula is C52H60N4O5+2. The van der Waals surface area contributed by atoms with Crippen LogP contribution in [0.3, 0.4) is 0 Å². The Morgan fingerprint density at radius 1 is 0.738 bits per heavy atom. The van der Waals surface area contributed by atoms with Crippen molar-refractivity contribution < 1.29 is 33.7 Å². The number of benzene rings is 5. The minimum Gasteiger partial charge on any atom is -0.454 e. The molecule has 9 nitrogen and oxygen atoms in total. The van der Waals surface area contributed by atoms with Crippen LogP contribution in [0.15, 0.2) is 114 Å². The van der Waals surface area contributed by atoms with Crippen molar-refractivity contribution in [2.45, 2.75) is 91.0 Å². The number of rotatable bonds is 13. The van der Waals surface area contributed by atoms with Crippen LogP contribution in [0.4, 0.5) is 11.4 Å².